The standard InChI is InChI=1S/C14H18FN3OS/c1-18(13-6-4-3-5-12(13)15)14-17-10-11(20-14)9-16-7-8-19-2/h3-6,10,16H,7-9H2,1-2H3. The molecule has 0 spiro atoms. The van der Waals surface area contributed by atoms with Crippen LogP contribution < -0.4 is 10.2 Å². The van der Waals surface area contributed by atoms with Gasteiger partial charge in [0.2, 0.25) is 0 Å². The predicted molar refractivity (Wildman–Crippen MR) is 80.2 cm³/mol. The first-order valence-corrected chi connectivity index (χ1v) is 7.16. The largest absolute Gasteiger partial charge is 0.383 e. The van der Waals surface area contributed by atoms with Crippen molar-refractivity contribution in [3.8, 4) is 0 Å². The van der Waals surface area contributed by atoms with E-state index in [1.807, 2.05) is 19.3 Å². The van der Waals surface area contributed by atoms with Gasteiger partial charge in [-0.25, -0.2) is 9.37 Å². The van der Waals surface area contributed by atoms with Gasteiger partial charge in [-0.1, -0.05) is 12.1 Å². The van der Waals surface area contributed by atoms with Crippen molar-refractivity contribution in [2.45, 2.75) is 6.54 Å². The Labute approximate surface area is 122 Å². The lowest BCUT2D eigenvalue weighted by Gasteiger charge is -2.16. The number of nitrogens with one attached hydrogen (secondary N) is 1. The van der Waals surface area contributed by atoms with Crippen molar-refractivity contribution in [2.75, 3.05) is 32.2 Å². The van der Waals surface area contributed by atoms with E-state index in [0.717, 1.165) is 23.1 Å². The molecule has 0 aliphatic carbocycles. The highest BCUT2D eigenvalue weighted by Gasteiger charge is 2.12. The molecule has 2 rings (SSSR count). The topological polar surface area (TPSA) is 37.4 Å². The number of anilines is 2. The van der Waals surface area contributed by atoms with E-state index < -0.39 is 0 Å². The monoisotopic (exact) mass is 295 g/mol. The third-order valence-electron chi connectivity index (χ3n) is 2.82. The van der Waals surface area contributed by atoms with Crippen molar-refractivity contribution in [2.24, 2.45) is 0 Å². The molecule has 0 aliphatic heterocycles. The summed E-state index contributed by atoms with van der Waals surface area (Å²) in [6, 6.07) is 6.69. The minimum atomic E-state index is -0.245. The van der Waals surface area contributed by atoms with Crippen LogP contribution in [-0.4, -0.2) is 32.3 Å². The van der Waals surface area contributed by atoms with Crippen LogP contribution in [0.1, 0.15) is 4.88 Å². The molecular weight excluding hydrogens is 277 g/mol. The maximum absolute atomic E-state index is 13.7. The number of methoxy groups -OCH3 is 1. The number of thiazole rings is 1. The third-order valence-corrected chi connectivity index (χ3v) is 3.90. The molecule has 2 aromatic rings. The van der Waals surface area contributed by atoms with E-state index in [2.05, 4.69) is 10.3 Å². The molecule has 0 saturated carbocycles. The summed E-state index contributed by atoms with van der Waals surface area (Å²) in [4.78, 5) is 7.21. The number of para-hydroxylation sites is 1. The predicted octanol–water partition coefficient (Wildman–Crippen LogP) is 2.79. The molecule has 0 amide bonds. The second kappa shape index (κ2) is 7.33. The van der Waals surface area contributed by atoms with Crippen LogP contribution in [0.2, 0.25) is 0 Å². The van der Waals surface area contributed by atoms with Gasteiger partial charge in [0.25, 0.3) is 0 Å². The summed E-state index contributed by atoms with van der Waals surface area (Å²) in [6.07, 6.45) is 1.82. The van der Waals surface area contributed by atoms with E-state index in [9.17, 15) is 4.39 Å². The average molecular weight is 295 g/mol. The zero-order valence-electron chi connectivity index (χ0n) is 11.6. The van der Waals surface area contributed by atoms with Crippen LogP contribution in [0.5, 0.6) is 0 Å². The van der Waals surface area contributed by atoms with Gasteiger partial charge in [0, 0.05) is 38.3 Å². The Morgan fingerprint density at radius 3 is 2.95 bits per heavy atom. The molecular formula is C14H18FN3OS. The molecule has 0 atom stereocenters. The van der Waals surface area contributed by atoms with E-state index in [1.165, 1.54) is 6.07 Å². The number of hydrogen-bond donors (Lipinski definition) is 1. The maximum atomic E-state index is 13.7. The molecule has 1 heterocycles. The average Bonchev–Trinajstić information content (AvgIpc) is 2.92. The maximum Gasteiger partial charge on any atom is 0.189 e. The zero-order chi connectivity index (χ0) is 14.4. The van der Waals surface area contributed by atoms with Gasteiger partial charge < -0.3 is 15.0 Å². The van der Waals surface area contributed by atoms with Crippen molar-refractivity contribution >= 4 is 22.2 Å². The van der Waals surface area contributed by atoms with Crippen LogP contribution in [0, 0.1) is 5.82 Å². The van der Waals surface area contributed by atoms with E-state index in [1.54, 1.807) is 35.5 Å². The third kappa shape index (κ3) is 3.75. The molecule has 1 aromatic heterocycles. The molecule has 0 unspecified atom stereocenters. The summed E-state index contributed by atoms with van der Waals surface area (Å²) in [7, 11) is 3.50. The summed E-state index contributed by atoms with van der Waals surface area (Å²) in [5, 5.41) is 4.04. The molecule has 108 valence electrons. The van der Waals surface area contributed by atoms with Crippen molar-refractivity contribution in [3.05, 3.63) is 41.2 Å². The second-order valence-corrected chi connectivity index (χ2v) is 5.38. The smallest absolute Gasteiger partial charge is 0.189 e. The van der Waals surface area contributed by atoms with Crippen molar-refractivity contribution in [1.82, 2.24) is 10.3 Å². The molecule has 0 radical (unpaired) electrons. The minimum absolute atomic E-state index is 0.245. The van der Waals surface area contributed by atoms with Crippen LogP contribution in [-0.2, 0) is 11.3 Å². The van der Waals surface area contributed by atoms with E-state index >= 15 is 0 Å². The molecule has 0 bridgehead atoms. The lowest BCUT2D eigenvalue weighted by Crippen LogP contribution is -2.17. The van der Waals surface area contributed by atoms with Crippen LogP contribution in [0.25, 0.3) is 0 Å². The van der Waals surface area contributed by atoms with E-state index in [0.29, 0.717) is 12.3 Å². The van der Waals surface area contributed by atoms with Gasteiger partial charge in [-0.05, 0) is 12.1 Å². The van der Waals surface area contributed by atoms with Crippen LogP contribution in [0.4, 0.5) is 15.2 Å². The van der Waals surface area contributed by atoms with E-state index in [-0.39, 0.29) is 5.82 Å². The quantitative estimate of drug-likeness (QED) is 0.797. The van der Waals surface area contributed by atoms with Gasteiger partial charge >= 0.3 is 0 Å². The Kier molecular flexibility index (Phi) is 5.46. The SMILES string of the molecule is COCCNCc1cnc(N(C)c2ccccc2F)s1. The minimum Gasteiger partial charge on any atom is -0.383 e. The summed E-state index contributed by atoms with van der Waals surface area (Å²) < 4.78 is 18.7. The molecule has 0 fully saturated rings. The molecule has 4 nitrogen and oxygen atoms in total. The Morgan fingerprint density at radius 1 is 1.40 bits per heavy atom. The fourth-order valence-corrected chi connectivity index (χ4v) is 2.60. The molecule has 6 heteroatoms. The van der Waals surface area contributed by atoms with Gasteiger partial charge in [-0.3, -0.25) is 0 Å². The fraction of sp³-hybridized carbons (Fsp3) is 0.357. The lowest BCUT2D eigenvalue weighted by atomic mass is 10.3. The summed E-state index contributed by atoms with van der Waals surface area (Å²) >= 11 is 1.55. The first kappa shape index (κ1) is 14.9. The number of halogens is 1. The summed E-state index contributed by atoms with van der Waals surface area (Å²) in [6.45, 7) is 2.22. The molecule has 0 saturated heterocycles. The highest BCUT2D eigenvalue weighted by Crippen LogP contribution is 2.29. The van der Waals surface area contributed by atoms with Crippen molar-refractivity contribution < 1.29 is 9.13 Å². The van der Waals surface area contributed by atoms with Crippen LogP contribution in [0.15, 0.2) is 30.5 Å². The van der Waals surface area contributed by atoms with Gasteiger partial charge in [-0.2, -0.15) is 0 Å². The van der Waals surface area contributed by atoms with Gasteiger partial charge in [0.05, 0.1) is 12.3 Å². The van der Waals surface area contributed by atoms with Crippen molar-refractivity contribution in [3.63, 3.8) is 0 Å². The number of hydrogen-bond acceptors (Lipinski definition) is 5. The van der Waals surface area contributed by atoms with Crippen molar-refractivity contribution in [1.29, 1.82) is 0 Å². The molecule has 1 aromatic carbocycles. The Balaban J connectivity index is 1.99. The molecule has 1 N–H and O–H groups in total. The molecule has 20 heavy (non-hydrogen) atoms. The molecule has 0 aliphatic rings. The Bertz CT molecular complexity index is 547. The first-order valence-electron chi connectivity index (χ1n) is 6.35. The second-order valence-electron chi connectivity index (χ2n) is 4.29. The number of rotatable bonds is 7. The summed E-state index contributed by atoms with van der Waals surface area (Å²) in [5.41, 5.74) is 0.528. The zero-order valence-corrected chi connectivity index (χ0v) is 12.4. The number of aromatic nitrogens is 1. The fourth-order valence-electron chi connectivity index (χ4n) is 1.75. The number of benzene rings is 1. The highest BCUT2D eigenvalue weighted by molar-refractivity contribution is 7.15. The van der Waals surface area contributed by atoms with Crippen LogP contribution in [0.3, 0.4) is 0 Å². The number of ether oxygens (including phenoxy) is 1. The normalized spacial score (nSPS) is 10.8. The van der Waals surface area contributed by atoms with E-state index in [4.69, 9.17) is 4.74 Å². The first-order chi connectivity index (χ1) is 9.72. The van der Waals surface area contributed by atoms with Gasteiger partial charge in [0.15, 0.2) is 5.13 Å². The highest BCUT2D eigenvalue weighted by atomic mass is 32.1. The Morgan fingerprint density at radius 2 is 2.20 bits per heavy atom. The van der Waals surface area contributed by atoms with Crippen LogP contribution >= 0.6 is 11.3 Å². The lowest BCUT2D eigenvalue weighted by molar-refractivity contribution is 0.199. The number of nitrogens with zero attached hydrogens (tertiary/aromatic N) is 2. The Hall–Kier alpha value is -1.50. The van der Waals surface area contributed by atoms with Gasteiger partial charge in [-0.15, -0.1) is 11.3 Å². The van der Waals surface area contributed by atoms with Gasteiger partial charge in [0.1, 0.15) is 5.82 Å². The summed E-state index contributed by atoms with van der Waals surface area (Å²) in [5.74, 6) is -0.245.